The first kappa shape index (κ1) is 17.8. The molecule has 0 radical (unpaired) electrons. The Balaban J connectivity index is 1.57. The molecule has 1 heterocycles. The SMILES string of the molecule is O=C(Cc1cc(Cl)ccc1Cl)N1CCN(C(=O)c2ccccc2)CC1. The van der Waals surface area contributed by atoms with Crippen molar-refractivity contribution in [1.82, 2.24) is 9.80 Å². The standard InChI is InChI=1S/C19H18Cl2N2O2/c20-16-6-7-17(21)15(12-16)13-18(24)22-8-10-23(11-9-22)19(25)14-4-2-1-3-5-14/h1-7,12H,8-11,13H2. The summed E-state index contributed by atoms with van der Waals surface area (Å²) in [6.07, 6.45) is 0.214. The molecule has 2 aromatic carbocycles. The molecule has 4 nitrogen and oxygen atoms in total. The maximum atomic E-state index is 12.5. The highest BCUT2D eigenvalue weighted by molar-refractivity contribution is 6.33. The van der Waals surface area contributed by atoms with Gasteiger partial charge in [-0.15, -0.1) is 0 Å². The smallest absolute Gasteiger partial charge is 0.253 e. The molecule has 3 rings (SSSR count). The van der Waals surface area contributed by atoms with Crippen LogP contribution in [0.3, 0.4) is 0 Å². The van der Waals surface area contributed by atoms with Crippen LogP contribution in [0, 0.1) is 0 Å². The molecule has 1 aliphatic heterocycles. The number of hydrogen-bond donors (Lipinski definition) is 0. The highest BCUT2D eigenvalue weighted by atomic mass is 35.5. The van der Waals surface area contributed by atoms with E-state index in [9.17, 15) is 9.59 Å². The lowest BCUT2D eigenvalue weighted by Crippen LogP contribution is -2.51. The molecular weight excluding hydrogens is 359 g/mol. The van der Waals surface area contributed by atoms with Gasteiger partial charge in [0.2, 0.25) is 5.91 Å². The molecule has 0 unspecified atom stereocenters. The van der Waals surface area contributed by atoms with Crippen molar-refractivity contribution in [3.63, 3.8) is 0 Å². The van der Waals surface area contributed by atoms with Crippen LogP contribution in [-0.4, -0.2) is 47.8 Å². The summed E-state index contributed by atoms with van der Waals surface area (Å²) in [5.41, 5.74) is 1.40. The van der Waals surface area contributed by atoms with Crippen molar-refractivity contribution in [2.75, 3.05) is 26.2 Å². The van der Waals surface area contributed by atoms with Gasteiger partial charge >= 0.3 is 0 Å². The van der Waals surface area contributed by atoms with Crippen LogP contribution >= 0.6 is 23.2 Å². The fourth-order valence-electron chi connectivity index (χ4n) is 2.88. The van der Waals surface area contributed by atoms with Crippen LogP contribution in [0.4, 0.5) is 0 Å². The van der Waals surface area contributed by atoms with E-state index in [1.807, 2.05) is 18.2 Å². The normalized spacial score (nSPS) is 14.5. The Bertz CT molecular complexity index is 772. The maximum Gasteiger partial charge on any atom is 0.253 e. The van der Waals surface area contributed by atoms with Crippen LogP contribution < -0.4 is 0 Å². The van der Waals surface area contributed by atoms with E-state index in [0.29, 0.717) is 41.8 Å². The molecule has 6 heteroatoms. The summed E-state index contributed by atoms with van der Waals surface area (Å²) in [4.78, 5) is 28.5. The number of nitrogens with zero attached hydrogens (tertiary/aromatic N) is 2. The zero-order chi connectivity index (χ0) is 17.8. The predicted octanol–water partition coefficient (Wildman–Crippen LogP) is 3.52. The summed E-state index contributed by atoms with van der Waals surface area (Å²) in [6, 6.07) is 14.3. The highest BCUT2D eigenvalue weighted by Crippen LogP contribution is 2.22. The predicted molar refractivity (Wildman–Crippen MR) is 99.1 cm³/mol. The lowest BCUT2D eigenvalue weighted by molar-refractivity contribution is -0.131. The van der Waals surface area contributed by atoms with E-state index in [0.717, 1.165) is 5.56 Å². The largest absolute Gasteiger partial charge is 0.339 e. The van der Waals surface area contributed by atoms with E-state index >= 15 is 0 Å². The van der Waals surface area contributed by atoms with Crippen molar-refractivity contribution in [3.8, 4) is 0 Å². The summed E-state index contributed by atoms with van der Waals surface area (Å²) in [5, 5.41) is 1.10. The molecule has 0 aliphatic carbocycles. The summed E-state index contributed by atoms with van der Waals surface area (Å²) in [5.74, 6) is 0.00145. The Labute approximate surface area is 156 Å². The number of carbonyl (C=O) groups is 2. The van der Waals surface area contributed by atoms with E-state index in [1.54, 1.807) is 40.1 Å². The Kier molecular flexibility index (Phi) is 5.61. The minimum Gasteiger partial charge on any atom is -0.339 e. The number of rotatable bonds is 3. The van der Waals surface area contributed by atoms with Gasteiger partial charge in [-0.2, -0.15) is 0 Å². The first-order valence-corrected chi connectivity index (χ1v) is 8.86. The summed E-state index contributed by atoms with van der Waals surface area (Å²) < 4.78 is 0. The van der Waals surface area contributed by atoms with Crippen molar-refractivity contribution in [1.29, 1.82) is 0 Å². The van der Waals surface area contributed by atoms with E-state index in [4.69, 9.17) is 23.2 Å². The molecule has 130 valence electrons. The molecular formula is C19H18Cl2N2O2. The summed E-state index contributed by atoms with van der Waals surface area (Å²) in [7, 11) is 0. The topological polar surface area (TPSA) is 40.6 Å². The highest BCUT2D eigenvalue weighted by Gasteiger charge is 2.25. The number of carbonyl (C=O) groups excluding carboxylic acids is 2. The zero-order valence-corrected chi connectivity index (χ0v) is 15.1. The number of piperazine rings is 1. The van der Waals surface area contributed by atoms with Crippen molar-refractivity contribution in [3.05, 3.63) is 69.7 Å². The second-order valence-electron chi connectivity index (χ2n) is 5.95. The molecule has 0 bridgehead atoms. The number of benzene rings is 2. The first-order chi connectivity index (χ1) is 12.0. The van der Waals surface area contributed by atoms with E-state index < -0.39 is 0 Å². The molecule has 0 aromatic heterocycles. The molecule has 0 spiro atoms. The summed E-state index contributed by atoms with van der Waals surface area (Å²) in [6.45, 7) is 2.11. The third-order valence-corrected chi connectivity index (χ3v) is 4.89. The maximum absolute atomic E-state index is 12.5. The number of hydrogen-bond acceptors (Lipinski definition) is 2. The molecule has 25 heavy (non-hydrogen) atoms. The van der Waals surface area contributed by atoms with Gasteiger partial charge in [0.1, 0.15) is 0 Å². The first-order valence-electron chi connectivity index (χ1n) is 8.10. The Hall–Kier alpha value is -2.04. The molecule has 1 aliphatic rings. The van der Waals surface area contributed by atoms with Gasteiger partial charge in [-0.3, -0.25) is 9.59 Å². The van der Waals surface area contributed by atoms with Crippen molar-refractivity contribution in [2.45, 2.75) is 6.42 Å². The van der Waals surface area contributed by atoms with Gasteiger partial charge in [-0.25, -0.2) is 0 Å². The van der Waals surface area contributed by atoms with Gasteiger partial charge in [-0.1, -0.05) is 41.4 Å². The van der Waals surface area contributed by atoms with E-state index in [2.05, 4.69) is 0 Å². The molecule has 0 saturated carbocycles. The van der Waals surface area contributed by atoms with Gasteiger partial charge in [0.15, 0.2) is 0 Å². The van der Waals surface area contributed by atoms with Gasteiger partial charge in [-0.05, 0) is 35.9 Å². The Morgan fingerprint density at radius 2 is 1.52 bits per heavy atom. The van der Waals surface area contributed by atoms with E-state index in [1.165, 1.54) is 0 Å². The van der Waals surface area contributed by atoms with Crippen LogP contribution in [0.5, 0.6) is 0 Å². The number of halogens is 2. The lowest BCUT2D eigenvalue weighted by atomic mass is 10.1. The Morgan fingerprint density at radius 3 is 2.20 bits per heavy atom. The van der Waals surface area contributed by atoms with Gasteiger partial charge < -0.3 is 9.80 Å². The quantitative estimate of drug-likeness (QED) is 0.821. The fraction of sp³-hybridized carbons (Fsp3) is 0.263. The van der Waals surface area contributed by atoms with Crippen LogP contribution in [0.1, 0.15) is 15.9 Å². The molecule has 0 N–H and O–H groups in total. The fourth-order valence-corrected chi connectivity index (χ4v) is 3.25. The van der Waals surface area contributed by atoms with Gasteiger partial charge in [0, 0.05) is 41.8 Å². The van der Waals surface area contributed by atoms with Crippen molar-refractivity contribution < 1.29 is 9.59 Å². The minimum atomic E-state index is -0.00373. The molecule has 2 aromatic rings. The van der Waals surface area contributed by atoms with Crippen LogP contribution in [0.15, 0.2) is 48.5 Å². The second-order valence-corrected chi connectivity index (χ2v) is 6.80. The number of amides is 2. The Morgan fingerprint density at radius 1 is 0.880 bits per heavy atom. The minimum absolute atomic E-state index is 0.00373. The third kappa shape index (κ3) is 4.33. The molecule has 0 atom stereocenters. The lowest BCUT2D eigenvalue weighted by Gasteiger charge is -2.35. The van der Waals surface area contributed by atoms with Gasteiger partial charge in [0.25, 0.3) is 5.91 Å². The van der Waals surface area contributed by atoms with Crippen molar-refractivity contribution in [2.24, 2.45) is 0 Å². The van der Waals surface area contributed by atoms with Gasteiger partial charge in [0.05, 0.1) is 6.42 Å². The molecule has 1 saturated heterocycles. The van der Waals surface area contributed by atoms with Crippen molar-refractivity contribution >= 4 is 35.0 Å². The molecule has 2 amide bonds. The average Bonchev–Trinajstić information content (AvgIpc) is 2.65. The molecule has 1 fully saturated rings. The average molecular weight is 377 g/mol. The van der Waals surface area contributed by atoms with Crippen LogP contribution in [0.2, 0.25) is 10.0 Å². The third-order valence-electron chi connectivity index (χ3n) is 4.29. The van der Waals surface area contributed by atoms with Crippen LogP contribution in [0.25, 0.3) is 0 Å². The second kappa shape index (κ2) is 7.89. The summed E-state index contributed by atoms with van der Waals surface area (Å²) >= 11 is 12.1. The zero-order valence-electron chi connectivity index (χ0n) is 13.6. The van der Waals surface area contributed by atoms with E-state index in [-0.39, 0.29) is 18.2 Å². The monoisotopic (exact) mass is 376 g/mol. The van der Waals surface area contributed by atoms with Crippen LogP contribution in [-0.2, 0) is 11.2 Å².